The van der Waals surface area contributed by atoms with Crippen LogP contribution in [0.3, 0.4) is 0 Å². The normalized spacial score (nSPS) is 25.4. The fourth-order valence-electron chi connectivity index (χ4n) is 2.03. The molecule has 2 heterocycles. The van der Waals surface area contributed by atoms with E-state index in [1.54, 1.807) is 11.3 Å². The minimum atomic E-state index is -0.220. The second kappa shape index (κ2) is 3.54. The molecule has 0 spiro atoms. The van der Waals surface area contributed by atoms with Crippen molar-refractivity contribution in [3.05, 3.63) is 16.1 Å². The summed E-state index contributed by atoms with van der Waals surface area (Å²) >= 11 is 1.78. The van der Waals surface area contributed by atoms with Crippen molar-refractivity contribution in [3.63, 3.8) is 0 Å². The second-order valence-electron chi connectivity index (χ2n) is 4.61. The number of hydrogen-bond donors (Lipinski definition) is 1. The molecule has 1 aromatic heterocycles. The number of thiazole rings is 1. The molecule has 4 heteroatoms. The van der Waals surface area contributed by atoms with Crippen LogP contribution in [0.1, 0.15) is 42.3 Å². The Bertz CT molecular complexity index is 353. The zero-order chi connectivity index (χ0) is 10.3. The molecule has 1 aliphatic heterocycles. The van der Waals surface area contributed by atoms with Gasteiger partial charge in [-0.3, -0.25) is 0 Å². The lowest BCUT2D eigenvalue weighted by molar-refractivity contribution is 0.0509. The number of nitrogens with two attached hydrogens (primary N) is 1. The van der Waals surface area contributed by atoms with Crippen LogP contribution in [0.4, 0.5) is 0 Å². The second-order valence-corrected chi connectivity index (χ2v) is 5.50. The van der Waals surface area contributed by atoms with E-state index < -0.39 is 0 Å². The molecule has 1 saturated heterocycles. The predicted molar refractivity (Wildman–Crippen MR) is 60.0 cm³/mol. The first-order valence-corrected chi connectivity index (χ1v) is 6.48. The number of ether oxygens (including phenoxy) is 1. The van der Waals surface area contributed by atoms with Gasteiger partial charge in [0.15, 0.2) is 0 Å². The maximum Gasteiger partial charge on any atom is 0.0960 e. The van der Waals surface area contributed by atoms with Crippen molar-refractivity contribution in [2.45, 2.75) is 37.1 Å². The third-order valence-corrected chi connectivity index (χ3v) is 4.35. The van der Waals surface area contributed by atoms with Gasteiger partial charge in [0.1, 0.15) is 0 Å². The van der Waals surface area contributed by atoms with E-state index in [9.17, 15) is 0 Å². The molecule has 0 atom stereocenters. The predicted octanol–water partition coefficient (Wildman–Crippen LogP) is 1.98. The van der Waals surface area contributed by atoms with Gasteiger partial charge in [-0.05, 0) is 25.7 Å². The first kappa shape index (κ1) is 9.75. The molecule has 1 aromatic rings. The molecule has 2 N–H and O–H groups in total. The Hall–Kier alpha value is -0.450. The fraction of sp³-hybridized carbons (Fsp3) is 0.727. The topological polar surface area (TPSA) is 48.1 Å². The fourth-order valence-corrected chi connectivity index (χ4v) is 3.12. The number of nitrogens with zero attached hydrogens (tertiary/aromatic N) is 1. The zero-order valence-electron chi connectivity index (χ0n) is 8.74. The number of hydrogen-bond acceptors (Lipinski definition) is 4. The molecular weight excluding hydrogens is 208 g/mol. The van der Waals surface area contributed by atoms with Crippen molar-refractivity contribution in [1.29, 1.82) is 0 Å². The molecule has 1 aliphatic carbocycles. The van der Waals surface area contributed by atoms with Crippen molar-refractivity contribution in [1.82, 2.24) is 4.98 Å². The molecule has 2 fully saturated rings. The third kappa shape index (κ3) is 1.82. The Labute approximate surface area is 93.7 Å². The summed E-state index contributed by atoms with van der Waals surface area (Å²) in [6.45, 7) is 1.54. The summed E-state index contributed by atoms with van der Waals surface area (Å²) in [7, 11) is 0. The highest BCUT2D eigenvalue weighted by molar-refractivity contribution is 7.09. The lowest BCUT2D eigenvalue weighted by Crippen LogP contribution is -2.42. The Morgan fingerprint density at radius 3 is 2.80 bits per heavy atom. The van der Waals surface area contributed by atoms with E-state index in [2.05, 4.69) is 5.38 Å². The van der Waals surface area contributed by atoms with E-state index in [0.29, 0.717) is 0 Å². The summed E-state index contributed by atoms with van der Waals surface area (Å²) in [6.07, 6.45) is 4.43. The highest BCUT2D eigenvalue weighted by atomic mass is 32.1. The molecular formula is C11H16N2OS. The standard InChI is InChI=1S/C11H16N2OS/c12-11(3-5-14-6-4-11)9-7-15-10(13-9)8-1-2-8/h7-8H,1-6,12H2. The van der Waals surface area contributed by atoms with E-state index in [4.69, 9.17) is 15.5 Å². The molecule has 3 nitrogen and oxygen atoms in total. The summed E-state index contributed by atoms with van der Waals surface area (Å²) in [6, 6.07) is 0. The summed E-state index contributed by atoms with van der Waals surface area (Å²) in [5.74, 6) is 0.743. The Balaban J connectivity index is 1.83. The van der Waals surface area contributed by atoms with Crippen molar-refractivity contribution in [3.8, 4) is 0 Å². The van der Waals surface area contributed by atoms with Gasteiger partial charge in [-0.2, -0.15) is 0 Å². The van der Waals surface area contributed by atoms with Crippen molar-refractivity contribution < 1.29 is 4.74 Å². The molecule has 82 valence electrons. The van der Waals surface area contributed by atoms with Crippen LogP contribution >= 0.6 is 11.3 Å². The number of rotatable bonds is 2. The largest absolute Gasteiger partial charge is 0.381 e. The quantitative estimate of drug-likeness (QED) is 0.835. The minimum Gasteiger partial charge on any atom is -0.381 e. The maximum absolute atomic E-state index is 6.38. The molecule has 0 radical (unpaired) electrons. The van der Waals surface area contributed by atoms with Crippen LogP contribution in [0.2, 0.25) is 0 Å². The zero-order valence-corrected chi connectivity index (χ0v) is 9.55. The summed E-state index contributed by atoms with van der Waals surface area (Å²) in [4.78, 5) is 4.71. The first-order chi connectivity index (χ1) is 7.28. The van der Waals surface area contributed by atoms with E-state index in [-0.39, 0.29) is 5.54 Å². The molecule has 0 aromatic carbocycles. The van der Waals surface area contributed by atoms with Crippen LogP contribution in [0, 0.1) is 0 Å². The highest BCUT2D eigenvalue weighted by Gasteiger charge is 2.34. The lowest BCUT2D eigenvalue weighted by Gasteiger charge is -2.31. The Morgan fingerprint density at radius 1 is 1.40 bits per heavy atom. The highest BCUT2D eigenvalue weighted by Crippen LogP contribution is 2.42. The van der Waals surface area contributed by atoms with Crippen LogP contribution < -0.4 is 5.73 Å². The van der Waals surface area contributed by atoms with Crippen molar-refractivity contribution in [2.75, 3.05) is 13.2 Å². The van der Waals surface area contributed by atoms with E-state index >= 15 is 0 Å². The van der Waals surface area contributed by atoms with Gasteiger partial charge in [0.2, 0.25) is 0 Å². The lowest BCUT2D eigenvalue weighted by atomic mass is 9.88. The van der Waals surface area contributed by atoms with E-state index in [1.807, 2.05) is 0 Å². The van der Waals surface area contributed by atoms with Gasteiger partial charge in [-0.1, -0.05) is 0 Å². The molecule has 0 amide bonds. The van der Waals surface area contributed by atoms with Gasteiger partial charge in [0, 0.05) is 24.5 Å². The van der Waals surface area contributed by atoms with Gasteiger partial charge in [-0.15, -0.1) is 11.3 Å². The molecule has 15 heavy (non-hydrogen) atoms. The molecule has 2 aliphatic rings. The van der Waals surface area contributed by atoms with Gasteiger partial charge in [0.25, 0.3) is 0 Å². The van der Waals surface area contributed by atoms with Crippen LogP contribution in [0.5, 0.6) is 0 Å². The first-order valence-electron chi connectivity index (χ1n) is 5.60. The maximum atomic E-state index is 6.38. The molecule has 0 bridgehead atoms. The van der Waals surface area contributed by atoms with Crippen LogP contribution in [-0.4, -0.2) is 18.2 Å². The summed E-state index contributed by atoms with van der Waals surface area (Å²) in [5.41, 5.74) is 7.25. The average molecular weight is 224 g/mol. The summed E-state index contributed by atoms with van der Waals surface area (Å²) < 4.78 is 5.35. The molecule has 0 unspecified atom stereocenters. The smallest absolute Gasteiger partial charge is 0.0960 e. The average Bonchev–Trinajstić information content (AvgIpc) is 2.97. The summed E-state index contributed by atoms with van der Waals surface area (Å²) in [5, 5.41) is 3.44. The van der Waals surface area contributed by atoms with Gasteiger partial charge >= 0.3 is 0 Å². The van der Waals surface area contributed by atoms with Gasteiger partial charge in [0.05, 0.1) is 16.2 Å². The van der Waals surface area contributed by atoms with Crippen LogP contribution in [0.25, 0.3) is 0 Å². The minimum absolute atomic E-state index is 0.220. The van der Waals surface area contributed by atoms with Gasteiger partial charge in [-0.25, -0.2) is 4.98 Å². The SMILES string of the molecule is NC1(c2csc(C3CC3)n2)CCOCC1. The monoisotopic (exact) mass is 224 g/mol. The van der Waals surface area contributed by atoms with E-state index in [0.717, 1.165) is 37.7 Å². The Morgan fingerprint density at radius 2 is 2.13 bits per heavy atom. The van der Waals surface area contributed by atoms with Gasteiger partial charge < -0.3 is 10.5 Å². The van der Waals surface area contributed by atoms with Crippen molar-refractivity contribution >= 4 is 11.3 Å². The van der Waals surface area contributed by atoms with Crippen LogP contribution in [-0.2, 0) is 10.3 Å². The third-order valence-electron chi connectivity index (χ3n) is 3.34. The molecule has 1 saturated carbocycles. The van der Waals surface area contributed by atoms with Crippen LogP contribution in [0.15, 0.2) is 5.38 Å². The molecule has 3 rings (SSSR count). The number of aromatic nitrogens is 1. The van der Waals surface area contributed by atoms with E-state index in [1.165, 1.54) is 17.8 Å². The Kier molecular flexibility index (Phi) is 2.30. The van der Waals surface area contributed by atoms with Crippen molar-refractivity contribution in [2.24, 2.45) is 5.73 Å².